The predicted octanol–water partition coefficient (Wildman–Crippen LogP) is 5.73. The number of para-hydroxylation sites is 1. The minimum absolute atomic E-state index is 0.101. The van der Waals surface area contributed by atoms with Crippen molar-refractivity contribution in [3.05, 3.63) is 70.2 Å². The molecule has 0 fully saturated rings. The van der Waals surface area contributed by atoms with Crippen molar-refractivity contribution < 1.29 is 5.11 Å². The molecule has 0 spiro atoms. The Balaban J connectivity index is 1.75. The summed E-state index contributed by atoms with van der Waals surface area (Å²) in [6, 6.07) is 18.7. The zero-order valence-electron chi connectivity index (χ0n) is 14.4. The predicted molar refractivity (Wildman–Crippen MR) is 111 cm³/mol. The molecule has 1 aliphatic rings. The number of nitrogens with zero attached hydrogens (tertiary/aromatic N) is 1. The molecule has 1 N–H and O–H groups in total. The molecule has 0 saturated carbocycles. The molecule has 0 amide bonds. The van der Waals surface area contributed by atoms with Gasteiger partial charge in [-0.05, 0) is 0 Å². The van der Waals surface area contributed by atoms with E-state index in [4.69, 9.17) is 4.98 Å². The summed E-state index contributed by atoms with van der Waals surface area (Å²) in [5, 5.41) is 10.8. The third kappa shape index (κ3) is 2.26. The first-order valence-electron chi connectivity index (χ1n) is 8.49. The fourth-order valence-corrected chi connectivity index (χ4v) is 6.34. The molecule has 4 aromatic rings. The monoisotopic (exact) mass is 469 g/mol. The van der Waals surface area contributed by atoms with Crippen LogP contribution in [0, 0.1) is 0 Å². The average Bonchev–Trinajstić information content (AvgIpc) is 3.12. The van der Waals surface area contributed by atoms with Crippen LogP contribution >= 0.6 is 15.9 Å². The van der Waals surface area contributed by atoms with Crippen LogP contribution in [-0.4, -0.2) is 24.6 Å². The van der Waals surface area contributed by atoms with Crippen LogP contribution in [0.25, 0.3) is 31.0 Å². The average molecular weight is 469 g/mol. The number of aromatic hydroxyl groups is 1. The van der Waals surface area contributed by atoms with Gasteiger partial charge in [-0.15, -0.1) is 0 Å². The van der Waals surface area contributed by atoms with Crippen molar-refractivity contribution in [3.63, 3.8) is 0 Å². The van der Waals surface area contributed by atoms with Crippen LogP contribution in [0.1, 0.15) is 25.0 Å². The van der Waals surface area contributed by atoms with Crippen molar-refractivity contribution in [2.75, 3.05) is 0 Å². The molecule has 1 heterocycles. The standard InChI is InChI=1S/C22H16BrNOSe/c1-22(2)16-9-12(23)7-8-13(16)14-11-19(25)15(10-17(14)22)21-24-18-5-3-4-6-20(18)26-21/h3-11,25H,1-2H3. The molecule has 128 valence electrons. The molecule has 2 nitrogen and oxygen atoms in total. The Morgan fingerprint density at radius 2 is 1.69 bits per heavy atom. The van der Waals surface area contributed by atoms with Crippen molar-refractivity contribution in [2.24, 2.45) is 0 Å². The van der Waals surface area contributed by atoms with Crippen LogP contribution in [0.4, 0.5) is 0 Å². The molecule has 0 radical (unpaired) electrons. The third-order valence-corrected chi connectivity index (χ3v) is 8.02. The molecule has 1 aromatic heterocycles. The fourth-order valence-electron chi connectivity index (χ4n) is 3.90. The molecule has 0 atom stereocenters. The second kappa shape index (κ2) is 5.56. The van der Waals surface area contributed by atoms with E-state index in [1.807, 2.05) is 18.2 Å². The zero-order valence-corrected chi connectivity index (χ0v) is 17.7. The van der Waals surface area contributed by atoms with Gasteiger partial charge in [-0.2, -0.15) is 0 Å². The number of fused-ring (bicyclic) bond motifs is 4. The van der Waals surface area contributed by atoms with E-state index < -0.39 is 0 Å². The SMILES string of the molecule is CC1(C)c2cc(Br)ccc2-c2cc(O)c(-c3nc4ccccc4[se]3)cc21. The number of halogens is 1. The van der Waals surface area contributed by atoms with Crippen LogP contribution in [0.15, 0.2) is 59.1 Å². The van der Waals surface area contributed by atoms with Gasteiger partial charge >= 0.3 is 167 Å². The van der Waals surface area contributed by atoms with Crippen molar-refractivity contribution in [3.8, 4) is 27.0 Å². The minimum atomic E-state index is -0.101. The van der Waals surface area contributed by atoms with E-state index in [-0.39, 0.29) is 19.9 Å². The normalized spacial score (nSPS) is 14.4. The van der Waals surface area contributed by atoms with Crippen LogP contribution < -0.4 is 0 Å². The third-order valence-electron chi connectivity index (χ3n) is 5.28. The first kappa shape index (κ1) is 16.3. The molecular formula is C22H16BrNOSe. The van der Waals surface area contributed by atoms with E-state index in [2.05, 4.69) is 66.2 Å². The van der Waals surface area contributed by atoms with Gasteiger partial charge in [-0.3, -0.25) is 0 Å². The van der Waals surface area contributed by atoms with Crippen LogP contribution in [0.2, 0.25) is 0 Å². The first-order chi connectivity index (χ1) is 12.4. The fraction of sp³-hybridized carbons (Fsp3) is 0.136. The molecule has 0 unspecified atom stereocenters. The Kier molecular flexibility index (Phi) is 3.49. The Bertz CT molecular complexity index is 1160. The summed E-state index contributed by atoms with van der Waals surface area (Å²) < 4.78 is 3.37. The van der Waals surface area contributed by atoms with E-state index in [0.29, 0.717) is 5.75 Å². The summed E-state index contributed by atoms with van der Waals surface area (Å²) >= 11 is 3.72. The molecule has 1 aliphatic carbocycles. The van der Waals surface area contributed by atoms with E-state index in [1.165, 1.54) is 21.0 Å². The summed E-state index contributed by atoms with van der Waals surface area (Å²) in [4.78, 5) is 4.80. The van der Waals surface area contributed by atoms with E-state index in [0.717, 1.165) is 25.7 Å². The summed E-state index contributed by atoms with van der Waals surface area (Å²) in [7, 11) is 0. The molecule has 4 heteroatoms. The van der Waals surface area contributed by atoms with Gasteiger partial charge in [0.1, 0.15) is 0 Å². The van der Waals surface area contributed by atoms with Crippen molar-refractivity contribution in [2.45, 2.75) is 19.3 Å². The van der Waals surface area contributed by atoms with E-state index >= 15 is 0 Å². The summed E-state index contributed by atoms with van der Waals surface area (Å²) in [6.07, 6.45) is 0. The summed E-state index contributed by atoms with van der Waals surface area (Å²) in [5.74, 6) is 0.323. The van der Waals surface area contributed by atoms with Gasteiger partial charge < -0.3 is 0 Å². The topological polar surface area (TPSA) is 33.1 Å². The Labute approximate surface area is 166 Å². The maximum atomic E-state index is 10.8. The van der Waals surface area contributed by atoms with Gasteiger partial charge in [0, 0.05) is 0 Å². The molecule has 5 rings (SSSR count). The molecule has 3 aromatic carbocycles. The Morgan fingerprint density at radius 3 is 2.50 bits per heavy atom. The van der Waals surface area contributed by atoms with E-state index in [1.54, 1.807) is 0 Å². The number of benzene rings is 3. The number of rotatable bonds is 1. The quantitative estimate of drug-likeness (QED) is 0.361. The summed E-state index contributed by atoms with van der Waals surface area (Å²) in [6.45, 7) is 4.50. The van der Waals surface area contributed by atoms with Gasteiger partial charge in [-0.25, -0.2) is 0 Å². The number of hydrogen-bond acceptors (Lipinski definition) is 2. The maximum absolute atomic E-state index is 10.8. The van der Waals surface area contributed by atoms with E-state index in [9.17, 15) is 5.11 Å². The number of hydrogen-bond donors (Lipinski definition) is 1. The molecular weight excluding hydrogens is 453 g/mol. The van der Waals surface area contributed by atoms with Crippen LogP contribution in [-0.2, 0) is 5.41 Å². The Morgan fingerprint density at radius 1 is 0.923 bits per heavy atom. The Hall–Kier alpha value is -1.87. The summed E-state index contributed by atoms with van der Waals surface area (Å²) in [5.41, 5.74) is 6.69. The van der Waals surface area contributed by atoms with Gasteiger partial charge in [-0.1, -0.05) is 0 Å². The first-order valence-corrected chi connectivity index (χ1v) is 11.0. The van der Waals surface area contributed by atoms with Gasteiger partial charge in [0.15, 0.2) is 0 Å². The molecule has 0 saturated heterocycles. The number of aromatic nitrogens is 1. The number of phenols is 1. The van der Waals surface area contributed by atoms with Crippen molar-refractivity contribution in [1.82, 2.24) is 4.98 Å². The zero-order chi connectivity index (χ0) is 18.1. The second-order valence-electron chi connectivity index (χ2n) is 7.22. The van der Waals surface area contributed by atoms with Crippen molar-refractivity contribution in [1.29, 1.82) is 0 Å². The molecule has 0 bridgehead atoms. The van der Waals surface area contributed by atoms with Crippen LogP contribution in [0.5, 0.6) is 5.75 Å². The van der Waals surface area contributed by atoms with Crippen LogP contribution in [0.3, 0.4) is 0 Å². The number of phenolic OH excluding ortho intramolecular Hbond substituents is 1. The van der Waals surface area contributed by atoms with Crippen molar-refractivity contribution >= 4 is 40.2 Å². The second-order valence-corrected chi connectivity index (χ2v) is 10.3. The van der Waals surface area contributed by atoms with Gasteiger partial charge in [0.2, 0.25) is 0 Å². The molecule has 0 aliphatic heterocycles. The van der Waals surface area contributed by atoms with Gasteiger partial charge in [0.25, 0.3) is 0 Å². The molecule has 26 heavy (non-hydrogen) atoms. The van der Waals surface area contributed by atoms with Gasteiger partial charge in [0.05, 0.1) is 0 Å².